The van der Waals surface area contributed by atoms with Crippen LogP contribution in [0.25, 0.3) is 0 Å². The van der Waals surface area contributed by atoms with E-state index in [0.29, 0.717) is 11.9 Å². The molecule has 1 aliphatic carbocycles. The highest BCUT2D eigenvalue weighted by atomic mass is 16.6. The van der Waals surface area contributed by atoms with E-state index in [-0.39, 0.29) is 13.2 Å². The highest BCUT2D eigenvalue weighted by molar-refractivity contribution is 5.99. The quantitative estimate of drug-likeness (QED) is 0.757. The van der Waals surface area contributed by atoms with Crippen LogP contribution in [0.1, 0.15) is 25.8 Å². The molecule has 3 rings (SSSR count). The maximum atomic E-state index is 12.5. The van der Waals surface area contributed by atoms with Gasteiger partial charge in [-0.15, -0.1) is 0 Å². The van der Waals surface area contributed by atoms with E-state index in [2.05, 4.69) is 5.10 Å². The summed E-state index contributed by atoms with van der Waals surface area (Å²) in [4.78, 5) is 36.3. The molecule has 0 aromatic carbocycles. The molecule has 1 N–H and O–H groups in total. The molecule has 1 aliphatic heterocycles. The first-order valence-corrected chi connectivity index (χ1v) is 7.35. The number of aromatic nitrogens is 2. The molecule has 1 aromatic heterocycles. The molecular formula is C14H17N3O6. The third kappa shape index (κ3) is 3.19. The summed E-state index contributed by atoms with van der Waals surface area (Å²) >= 11 is 0. The van der Waals surface area contributed by atoms with Crippen molar-refractivity contribution in [1.29, 1.82) is 0 Å². The number of hydrogen-bond donors (Lipinski definition) is 1. The van der Waals surface area contributed by atoms with Gasteiger partial charge in [-0.05, 0) is 12.8 Å². The van der Waals surface area contributed by atoms with Gasteiger partial charge in [-0.25, -0.2) is 4.79 Å². The van der Waals surface area contributed by atoms with E-state index in [1.54, 1.807) is 16.9 Å². The van der Waals surface area contributed by atoms with Crippen LogP contribution in [0.4, 0.5) is 5.82 Å². The van der Waals surface area contributed by atoms with Crippen LogP contribution >= 0.6 is 0 Å². The van der Waals surface area contributed by atoms with Crippen molar-refractivity contribution in [1.82, 2.24) is 9.78 Å². The van der Waals surface area contributed by atoms with Crippen molar-refractivity contribution in [3.05, 3.63) is 12.3 Å². The first-order chi connectivity index (χ1) is 11.0. The zero-order valence-electron chi connectivity index (χ0n) is 12.5. The molecular weight excluding hydrogens is 306 g/mol. The highest BCUT2D eigenvalue weighted by Crippen LogP contribution is 2.34. The van der Waals surface area contributed by atoms with Gasteiger partial charge in [0, 0.05) is 19.2 Å². The maximum Gasteiger partial charge on any atom is 0.348 e. The number of carboxylic acids is 1. The summed E-state index contributed by atoms with van der Waals surface area (Å²) in [6.07, 6.45) is 0.873. The molecule has 0 spiro atoms. The molecule has 1 unspecified atom stereocenters. The molecule has 0 bridgehead atoms. The molecule has 1 saturated heterocycles. The van der Waals surface area contributed by atoms with Gasteiger partial charge in [0.05, 0.1) is 19.2 Å². The molecule has 124 valence electrons. The summed E-state index contributed by atoms with van der Waals surface area (Å²) in [6.45, 7) is 1.49. The van der Waals surface area contributed by atoms with Crippen LogP contribution in [0.5, 0.6) is 0 Å². The lowest BCUT2D eigenvalue weighted by molar-refractivity contribution is -0.177. The van der Waals surface area contributed by atoms with Gasteiger partial charge >= 0.3 is 11.9 Å². The number of rotatable bonds is 5. The lowest BCUT2D eigenvalue weighted by Gasteiger charge is -2.33. The topological polar surface area (TPSA) is 111 Å². The van der Waals surface area contributed by atoms with E-state index in [4.69, 9.17) is 9.47 Å². The number of hydrogen-bond acceptors (Lipinski definition) is 6. The Bertz CT molecular complexity index is 638. The number of amides is 1. The second-order valence-electron chi connectivity index (χ2n) is 5.53. The van der Waals surface area contributed by atoms with Crippen molar-refractivity contribution in [3.8, 4) is 0 Å². The van der Waals surface area contributed by atoms with E-state index in [1.165, 1.54) is 4.90 Å². The first-order valence-electron chi connectivity index (χ1n) is 7.35. The van der Waals surface area contributed by atoms with E-state index >= 15 is 0 Å². The maximum absolute atomic E-state index is 12.5. The Morgan fingerprint density at radius 2 is 2.22 bits per heavy atom. The van der Waals surface area contributed by atoms with E-state index in [1.807, 2.05) is 0 Å². The molecule has 2 atom stereocenters. The summed E-state index contributed by atoms with van der Waals surface area (Å²) in [5.74, 6) is -2.35. The summed E-state index contributed by atoms with van der Waals surface area (Å²) in [7, 11) is 0. The molecule has 1 amide bonds. The van der Waals surface area contributed by atoms with Crippen molar-refractivity contribution in [2.75, 3.05) is 18.1 Å². The summed E-state index contributed by atoms with van der Waals surface area (Å²) in [6, 6.07) is 2.09. The Labute approximate surface area is 131 Å². The number of esters is 1. The van der Waals surface area contributed by atoms with Gasteiger partial charge in [0.25, 0.3) is 5.91 Å². The Kier molecular flexibility index (Phi) is 4.03. The zero-order valence-corrected chi connectivity index (χ0v) is 12.5. The number of nitrogens with zero attached hydrogens (tertiary/aromatic N) is 3. The monoisotopic (exact) mass is 323 g/mol. The van der Waals surface area contributed by atoms with E-state index in [9.17, 15) is 19.5 Å². The molecule has 2 aliphatic rings. The van der Waals surface area contributed by atoms with Gasteiger partial charge in [-0.1, -0.05) is 0 Å². The lowest BCUT2D eigenvalue weighted by atomic mass is 10.1. The zero-order chi connectivity index (χ0) is 16.6. The average Bonchev–Trinajstić information content (AvgIpc) is 3.23. The minimum absolute atomic E-state index is 0.137. The predicted molar refractivity (Wildman–Crippen MR) is 75.8 cm³/mol. The predicted octanol–water partition coefficient (Wildman–Crippen LogP) is -0.0339. The molecule has 2 heterocycles. The minimum Gasteiger partial charge on any atom is -0.478 e. The van der Waals surface area contributed by atoms with E-state index in [0.717, 1.165) is 19.8 Å². The van der Waals surface area contributed by atoms with Gasteiger partial charge < -0.3 is 14.6 Å². The third-order valence-corrected chi connectivity index (χ3v) is 3.72. The van der Waals surface area contributed by atoms with Crippen molar-refractivity contribution in [2.24, 2.45) is 0 Å². The second kappa shape index (κ2) is 5.99. The average molecular weight is 323 g/mol. The number of anilines is 1. The third-order valence-electron chi connectivity index (χ3n) is 3.72. The number of ether oxygens (including phenoxy) is 2. The molecule has 9 heteroatoms. The van der Waals surface area contributed by atoms with Gasteiger partial charge in [0.1, 0.15) is 0 Å². The number of carbonyl (C=O) groups is 3. The van der Waals surface area contributed by atoms with Crippen LogP contribution in [0.2, 0.25) is 0 Å². The minimum atomic E-state index is -1.67. The fraction of sp³-hybridized carbons (Fsp3) is 0.571. The van der Waals surface area contributed by atoms with Crippen molar-refractivity contribution < 1.29 is 29.0 Å². The van der Waals surface area contributed by atoms with E-state index < -0.39 is 30.1 Å². The molecule has 2 fully saturated rings. The Morgan fingerprint density at radius 3 is 2.83 bits per heavy atom. The molecule has 1 saturated carbocycles. The summed E-state index contributed by atoms with van der Waals surface area (Å²) in [5.41, 5.74) is 0. The molecule has 23 heavy (non-hydrogen) atoms. The standard InChI is InChI=1S/C14H17N3O6/c1-8(18)23-12(14(20)21)11-13(19)16(6-7-22-11)10-4-5-17(15-10)9-2-3-9/h4-5,9,11-12H,2-3,6-7H2,1H3,(H,20,21)/t11?,12-/m1/s1. The van der Waals surface area contributed by atoms with Crippen molar-refractivity contribution >= 4 is 23.7 Å². The number of carbonyl (C=O) groups excluding carboxylic acids is 2. The smallest absolute Gasteiger partial charge is 0.348 e. The van der Waals surface area contributed by atoms with Crippen LogP contribution in [-0.4, -0.2) is 58.1 Å². The fourth-order valence-corrected chi connectivity index (χ4v) is 2.49. The van der Waals surface area contributed by atoms with Crippen molar-refractivity contribution in [3.63, 3.8) is 0 Å². The van der Waals surface area contributed by atoms with Crippen LogP contribution in [0, 0.1) is 0 Å². The first kappa shape index (κ1) is 15.5. The van der Waals surface area contributed by atoms with Gasteiger partial charge in [-0.2, -0.15) is 5.10 Å². The Balaban J connectivity index is 1.78. The Morgan fingerprint density at radius 1 is 1.48 bits per heavy atom. The normalized spacial score (nSPS) is 22.7. The number of aliphatic carboxylic acids is 1. The van der Waals surface area contributed by atoms with Crippen LogP contribution in [-0.2, 0) is 23.9 Å². The van der Waals surface area contributed by atoms with Crippen LogP contribution in [0.3, 0.4) is 0 Å². The largest absolute Gasteiger partial charge is 0.478 e. The fourth-order valence-electron chi connectivity index (χ4n) is 2.49. The lowest BCUT2D eigenvalue weighted by Crippen LogP contribution is -2.55. The van der Waals surface area contributed by atoms with Crippen LogP contribution in [0.15, 0.2) is 12.3 Å². The van der Waals surface area contributed by atoms with Gasteiger partial charge in [0.2, 0.25) is 6.10 Å². The SMILES string of the molecule is CC(=O)O[C@@H](C(=O)O)C1OCCN(c2ccn(C3CC3)n2)C1=O. The molecule has 0 radical (unpaired) electrons. The Hall–Kier alpha value is -2.42. The van der Waals surface area contributed by atoms with Gasteiger partial charge in [-0.3, -0.25) is 19.2 Å². The van der Waals surface area contributed by atoms with Crippen molar-refractivity contribution in [2.45, 2.75) is 38.0 Å². The number of morpholine rings is 1. The number of carboxylic acid groups (broad SMARTS) is 1. The summed E-state index contributed by atoms with van der Waals surface area (Å²) < 4.78 is 11.8. The summed E-state index contributed by atoms with van der Waals surface area (Å²) in [5, 5.41) is 13.5. The molecule has 1 aromatic rings. The van der Waals surface area contributed by atoms with Crippen LogP contribution < -0.4 is 4.90 Å². The van der Waals surface area contributed by atoms with Gasteiger partial charge in [0.15, 0.2) is 11.9 Å². The second-order valence-corrected chi connectivity index (χ2v) is 5.53. The highest BCUT2D eigenvalue weighted by Gasteiger charge is 2.43. The molecule has 9 nitrogen and oxygen atoms in total.